The lowest BCUT2D eigenvalue weighted by atomic mass is 10.1. The fourth-order valence-corrected chi connectivity index (χ4v) is 0.803. The summed E-state index contributed by atoms with van der Waals surface area (Å²) >= 11 is 0. The van der Waals surface area contributed by atoms with E-state index in [2.05, 4.69) is 10.8 Å². The quantitative estimate of drug-likeness (QED) is 0.549. The Balaban J connectivity index is 2.88. The van der Waals surface area contributed by atoms with Gasteiger partial charge in [0.1, 0.15) is 12.1 Å². The smallest absolute Gasteiger partial charge is 0.400 e. The third-order valence-electron chi connectivity index (χ3n) is 1.46. The first kappa shape index (κ1) is 9.05. The highest BCUT2D eigenvalue weighted by atomic mass is 16.6. The predicted molar refractivity (Wildman–Crippen MR) is 46.7 cm³/mol. The van der Waals surface area contributed by atoms with Crippen molar-refractivity contribution in [2.24, 2.45) is 0 Å². The van der Waals surface area contributed by atoms with Gasteiger partial charge in [0, 0.05) is 12.1 Å². The molecular formula is C10H8NO2+. The SMILES string of the molecule is COC(O)=[C+]c1ccc(C#N)cc1. The van der Waals surface area contributed by atoms with Crippen LogP contribution in [-0.2, 0) is 4.74 Å². The van der Waals surface area contributed by atoms with Gasteiger partial charge >= 0.3 is 5.95 Å². The molecule has 0 aliphatic rings. The monoisotopic (exact) mass is 174 g/mol. The van der Waals surface area contributed by atoms with E-state index in [4.69, 9.17) is 10.4 Å². The highest BCUT2D eigenvalue weighted by Gasteiger charge is 2.04. The van der Waals surface area contributed by atoms with Gasteiger partial charge in [-0.2, -0.15) is 5.26 Å². The van der Waals surface area contributed by atoms with Gasteiger partial charge in [-0.05, 0) is 0 Å². The Labute approximate surface area is 76.5 Å². The standard InChI is InChI=1S/C10H7NO2/c1-13-10(12)6-8-2-4-9(7-11)5-3-8/h2-5H,1H3/p+1. The summed E-state index contributed by atoms with van der Waals surface area (Å²) in [6.45, 7) is 0. The van der Waals surface area contributed by atoms with Crippen LogP contribution in [0.1, 0.15) is 11.1 Å². The Bertz CT molecular complexity index is 346. The summed E-state index contributed by atoms with van der Waals surface area (Å²) in [7, 11) is 1.35. The number of hydrogen-bond acceptors (Lipinski definition) is 3. The molecule has 64 valence electrons. The Kier molecular flexibility index (Phi) is 2.86. The van der Waals surface area contributed by atoms with Crippen LogP contribution in [0.2, 0.25) is 0 Å². The maximum Gasteiger partial charge on any atom is 0.400 e. The average Bonchev–Trinajstić information content (AvgIpc) is 2.19. The summed E-state index contributed by atoms with van der Waals surface area (Å²) in [6.07, 6.45) is 2.58. The summed E-state index contributed by atoms with van der Waals surface area (Å²) in [5.74, 6) is -0.273. The molecule has 0 amide bonds. The average molecular weight is 174 g/mol. The fourth-order valence-electron chi connectivity index (χ4n) is 0.803. The van der Waals surface area contributed by atoms with E-state index in [0.29, 0.717) is 11.1 Å². The van der Waals surface area contributed by atoms with Crippen molar-refractivity contribution in [2.45, 2.75) is 0 Å². The van der Waals surface area contributed by atoms with Crippen LogP contribution >= 0.6 is 0 Å². The molecule has 1 aromatic carbocycles. The number of methoxy groups -OCH3 is 1. The highest BCUT2D eigenvalue weighted by Crippen LogP contribution is 2.04. The van der Waals surface area contributed by atoms with Gasteiger partial charge in [-0.1, -0.05) is 0 Å². The fraction of sp³-hybridized carbons (Fsp3) is 0.100. The second-order valence-electron chi connectivity index (χ2n) is 2.32. The van der Waals surface area contributed by atoms with E-state index in [1.807, 2.05) is 6.07 Å². The van der Waals surface area contributed by atoms with Crippen LogP contribution in [0.4, 0.5) is 0 Å². The molecule has 0 saturated carbocycles. The number of rotatable bonds is 2. The third-order valence-corrected chi connectivity index (χ3v) is 1.46. The van der Waals surface area contributed by atoms with Crippen LogP contribution in [-0.4, -0.2) is 12.2 Å². The second kappa shape index (κ2) is 4.10. The molecule has 3 nitrogen and oxygen atoms in total. The molecule has 1 aromatic rings. The molecule has 0 heterocycles. The van der Waals surface area contributed by atoms with Gasteiger partial charge in [0.15, 0.2) is 5.56 Å². The Morgan fingerprint density at radius 1 is 1.46 bits per heavy atom. The lowest BCUT2D eigenvalue weighted by Gasteiger charge is -1.88. The zero-order valence-electron chi connectivity index (χ0n) is 7.11. The summed E-state index contributed by atoms with van der Waals surface area (Å²) in [5, 5.41) is 17.5. The van der Waals surface area contributed by atoms with Gasteiger partial charge in [0.2, 0.25) is 0 Å². The maximum atomic E-state index is 8.96. The molecule has 1 rings (SSSR count). The molecule has 1 N–H and O–H groups in total. The first-order valence-electron chi connectivity index (χ1n) is 3.63. The molecule has 0 aliphatic carbocycles. The van der Waals surface area contributed by atoms with E-state index in [9.17, 15) is 0 Å². The molecule has 0 unspecified atom stereocenters. The van der Waals surface area contributed by atoms with E-state index < -0.39 is 0 Å². The van der Waals surface area contributed by atoms with Crippen LogP contribution in [0.15, 0.2) is 30.2 Å². The number of nitrogens with zero attached hydrogens (tertiary/aromatic N) is 1. The molecule has 0 spiro atoms. The molecule has 0 aromatic heterocycles. The minimum absolute atomic E-state index is 0.273. The molecule has 0 atom stereocenters. The molecule has 0 radical (unpaired) electrons. The number of nitriles is 1. The van der Waals surface area contributed by atoms with Crippen molar-refractivity contribution in [2.75, 3.05) is 7.11 Å². The largest absolute Gasteiger partial charge is 0.464 e. The molecule has 0 fully saturated rings. The van der Waals surface area contributed by atoms with Gasteiger partial charge in [-0.3, -0.25) is 0 Å². The van der Waals surface area contributed by atoms with E-state index in [1.165, 1.54) is 7.11 Å². The van der Waals surface area contributed by atoms with Crippen molar-refractivity contribution in [3.8, 4) is 6.07 Å². The van der Waals surface area contributed by atoms with Gasteiger partial charge in [0.25, 0.3) is 0 Å². The van der Waals surface area contributed by atoms with Crippen LogP contribution in [0, 0.1) is 17.4 Å². The van der Waals surface area contributed by atoms with Gasteiger partial charge in [-0.25, -0.2) is 0 Å². The van der Waals surface area contributed by atoms with Gasteiger partial charge in [-0.15, -0.1) is 0 Å². The van der Waals surface area contributed by atoms with Crippen molar-refractivity contribution in [3.63, 3.8) is 0 Å². The summed E-state index contributed by atoms with van der Waals surface area (Å²) in [5.41, 5.74) is 1.24. The van der Waals surface area contributed by atoms with Crippen LogP contribution in [0.5, 0.6) is 0 Å². The topological polar surface area (TPSA) is 53.2 Å². The van der Waals surface area contributed by atoms with Crippen LogP contribution in [0.3, 0.4) is 0 Å². The summed E-state index contributed by atoms with van der Waals surface area (Å²) < 4.78 is 4.51. The van der Waals surface area contributed by atoms with E-state index in [0.717, 1.165) is 0 Å². The van der Waals surface area contributed by atoms with E-state index >= 15 is 0 Å². The normalized spacial score (nSPS) is 10.0. The van der Waals surface area contributed by atoms with Crippen molar-refractivity contribution in [3.05, 3.63) is 47.4 Å². The van der Waals surface area contributed by atoms with E-state index in [-0.39, 0.29) is 5.95 Å². The number of ether oxygens (including phenoxy) is 1. The molecule has 0 bridgehead atoms. The summed E-state index contributed by atoms with van der Waals surface area (Å²) in [4.78, 5) is 0. The molecule has 0 aliphatic heterocycles. The van der Waals surface area contributed by atoms with Crippen LogP contribution < -0.4 is 0 Å². The van der Waals surface area contributed by atoms with Gasteiger partial charge in [0.05, 0.1) is 24.8 Å². The molecule has 13 heavy (non-hydrogen) atoms. The molecular weight excluding hydrogens is 166 g/mol. The first-order chi connectivity index (χ1) is 6.26. The first-order valence-corrected chi connectivity index (χ1v) is 3.63. The third kappa shape index (κ3) is 2.48. The lowest BCUT2D eigenvalue weighted by molar-refractivity contribution is 0.134. The number of aliphatic hydroxyl groups is 1. The number of benzene rings is 1. The Hall–Kier alpha value is -2.04. The van der Waals surface area contributed by atoms with Crippen molar-refractivity contribution < 1.29 is 9.84 Å². The molecule has 3 heteroatoms. The highest BCUT2D eigenvalue weighted by molar-refractivity contribution is 5.33. The minimum Gasteiger partial charge on any atom is -0.464 e. The maximum absolute atomic E-state index is 8.96. The van der Waals surface area contributed by atoms with Crippen molar-refractivity contribution in [1.82, 2.24) is 0 Å². The van der Waals surface area contributed by atoms with E-state index in [1.54, 1.807) is 24.3 Å². The Morgan fingerprint density at radius 3 is 2.54 bits per heavy atom. The number of hydrogen-bond donors (Lipinski definition) is 1. The minimum atomic E-state index is -0.273. The second-order valence-corrected chi connectivity index (χ2v) is 2.32. The zero-order valence-corrected chi connectivity index (χ0v) is 7.11. The predicted octanol–water partition coefficient (Wildman–Crippen LogP) is 1.76. The number of aliphatic hydroxyl groups excluding tert-OH is 1. The Morgan fingerprint density at radius 2 is 2.08 bits per heavy atom. The lowest BCUT2D eigenvalue weighted by Crippen LogP contribution is -1.85. The van der Waals surface area contributed by atoms with Gasteiger partial charge < -0.3 is 9.84 Å². The summed E-state index contributed by atoms with van der Waals surface area (Å²) in [6, 6.07) is 8.63. The van der Waals surface area contributed by atoms with Crippen molar-refractivity contribution in [1.29, 1.82) is 5.26 Å². The van der Waals surface area contributed by atoms with Crippen molar-refractivity contribution >= 4 is 0 Å². The molecule has 0 saturated heterocycles. The zero-order chi connectivity index (χ0) is 9.68. The van der Waals surface area contributed by atoms with Crippen LogP contribution in [0.25, 0.3) is 0 Å².